The molecule has 4 heteroatoms. The fraction of sp³-hybridized carbons (Fsp3) is 0.500. The molecule has 0 radical (unpaired) electrons. The first-order valence-corrected chi connectivity index (χ1v) is 9.86. The lowest BCUT2D eigenvalue weighted by molar-refractivity contribution is 0.0270. The summed E-state index contributed by atoms with van der Waals surface area (Å²) in [6, 6.07) is 11.2. The largest absolute Gasteiger partial charge is 0.389 e. The Balaban J connectivity index is 1.35. The fourth-order valence-corrected chi connectivity index (χ4v) is 3.87. The van der Waals surface area contributed by atoms with Crippen molar-refractivity contribution in [2.45, 2.75) is 50.9 Å². The Morgan fingerprint density at radius 2 is 1.88 bits per heavy atom. The molecule has 1 aromatic heterocycles. The predicted molar refractivity (Wildman–Crippen MR) is 100 cm³/mol. The van der Waals surface area contributed by atoms with E-state index < -0.39 is 6.10 Å². The van der Waals surface area contributed by atoms with Gasteiger partial charge in [0.05, 0.1) is 19.3 Å². The summed E-state index contributed by atoms with van der Waals surface area (Å²) in [5.41, 5.74) is 3.63. The SMILES string of the molecule is OC(CNC1CCCCC1)COCc1ccc(-c2ccsc2)cc1. The molecule has 24 heavy (non-hydrogen) atoms. The number of thiophene rings is 1. The minimum absolute atomic E-state index is 0.381. The molecule has 1 unspecified atom stereocenters. The normalized spacial score (nSPS) is 17.0. The average molecular weight is 346 g/mol. The van der Waals surface area contributed by atoms with Crippen molar-refractivity contribution < 1.29 is 9.84 Å². The number of hydrogen-bond acceptors (Lipinski definition) is 4. The van der Waals surface area contributed by atoms with Gasteiger partial charge in [0.1, 0.15) is 0 Å². The van der Waals surface area contributed by atoms with Crippen molar-refractivity contribution in [3.63, 3.8) is 0 Å². The van der Waals surface area contributed by atoms with Crippen LogP contribution >= 0.6 is 11.3 Å². The van der Waals surface area contributed by atoms with Crippen LogP contribution in [-0.4, -0.2) is 30.4 Å². The molecule has 0 aliphatic heterocycles. The number of ether oxygens (including phenoxy) is 1. The van der Waals surface area contributed by atoms with Crippen molar-refractivity contribution in [1.29, 1.82) is 0 Å². The summed E-state index contributed by atoms with van der Waals surface area (Å²) in [7, 11) is 0. The van der Waals surface area contributed by atoms with Gasteiger partial charge in [0.2, 0.25) is 0 Å². The van der Waals surface area contributed by atoms with Gasteiger partial charge >= 0.3 is 0 Å². The zero-order valence-electron chi connectivity index (χ0n) is 14.1. The molecule has 2 aromatic rings. The molecule has 1 aromatic carbocycles. The van der Waals surface area contributed by atoms with E-state index in [1.54, 1.807) is 11.3 Å². The maximum Gasteiger partial charge on any atom is 0.0897 e. The third-order valence-corrected chi connectivity index (χ3v) is 5.32. The molecule has 1 saturated carbocycles. The van der Waals surface area contributed by atoms with E-state index >= 15 is 0 Å². The number of rotatable bonds is 8. The maximum atomic E-state index is 10.0. The summed E-state index contributed by atoms with van der Waals surface area (Å²) in [6.07, 6.45) is 6.03. The Hall–Kier alpha value is -1.20. The van der Waals surface area contributed by atoms with Crippen LogP contribution in [-0.2, 0) is 11.3 Å². The lowest BCUT2D eigenvalue weighted by Gasteiger charge is -2.24. The van der Waals surface area contributed by atoms with Gasteiger partial charge in [-0.05, 0) is 46.4 Å². The Morgan fingerprint density at radius 1 is 1.08 bits per heavy atom. The lowest BCUT2D eigenvalue weighted by atomic mass is 9.95. The van der Waals surface area contributed by atoms with Crippen LogP contribution in [0, 0.1) is 0 Å². The van der Waals surface area contributed by atoms with E-state index in [-0.39, 0.29) is 0 Å². The molecule has 3 rings (SSSR count). The van der Waals surface area contributed by atoms with E-state index in [9.17, 15) is 5.11 Å². The molecule has 2 N–H and O–H groups in total. The molecule has 130 valence electrons. The van der Waals surface area contributed by atoms with Crippen LogP contribution in [0.1, 0.15) is 37.7 Å². The third kappa shape index (κ3) is 5.42. The molecule has 1 aliphatic carbocycles. The minimum Gasteiger partial charge on any atom is -0.389 e. The summed E-state index contributed by atoms with van der Waals surface area (Å²) >= 11 is 1.71. The number of aliphatic hydroxyl groups is 1. The first-order chi connectivity index (χ1) is 11.8. The first-order valence-electron chi connectivity index (χ1n) is 8.92. The van der Waals surface area contributed by atoms with Gasteiger partial charge in [0.15, 0.2) is 0 Å². The van der Waals surface area contributed by atoms with E-state index in [0.29, 0.717) is 25.8 Å². The Kier molecular flexibility index (Phi) is 6.85. The summed E-state index contributed by atoms with van der Waals surface area (Å²) in [6.45, 7) is 1.55. The Bertz CT molecular complexity index is 576. The van der Waals surface area contributed by atoms with Crippen LogP contribution < -0.4 is 5.32 Å². The third-order valence-electron chi connectivity index (χ3n) is 4.63. The van der Waals surface area contributed by atoms with Gasteiger partial charge in [-0.1, -0.05) is 43.5 Å². The molecule has 1 heterocycles. The van der Waals surface area contributed by atoms with Crippen LogP contribution in [0.5, 0.6) is 0 Å². The second-order valence-corrected chi connectivity index (χ2v) is 7.40. The van der Waals surface area contributed by atoms with Gasteiger partial charge in [0.25, 0.3) is 0 Å². The molecular weight excluding hydrogens is 318 g/mol. The van der Waals surface area contributed by atoms with Crippen LogP contribution in [0.4, 0.5) is 0 Å². The van der Waals surface area contributed by atoms with Crippen molar-refractivity contribution in [3.05, 3.63) is 46.7 Å². The van der Waals surface area contributed by atoms with Crippen LogP contribution in [0.25, 0.3) is 11.1 Å². The summed E-state index contributed by atoms with van der Waals surface area (Å²) in [5.74, 6) is 0. The second-order valence-electron chi connectivity index (χ2n) is 6.62. The fourth-order valence-electron chi connectivity index (χ4n) is 3.20. The maximum absolute atomic E-state index is 10.0. The lowest BCUT2D eigenvalue weighted by Crippen LogP contribution is -2.38. The Labute approximate surface area is 148 Å². The molecule has 0 spiro atoms. The topological polar surface area (TPSA) is 41.5 Å². The molecule has 1 fully saturated rings. The zero-order chi connectivity index (χ0) is 16.6. The van der Waals surface area contributed by atoms with Gasteiger partial charge in [0, 0.05) is 12.6 Å². The Morgan fingerprint density at radius 3 is 2.58 bits per heavy atom. The van der Waals surface area contributed by atoms with Gasteiger partial charge < -0.3 is 15.2 Å². The predicted octanol–water partition coefficient (Wildman–Crippen LogP) is 4.21. The van der Waals surface area contributed by atoms with E-state index in [1.807, 2.05) is 0 Å². The van der Waals surface area contributed by atoms with Gasteiger partial charge in [-0.2, -0.15) is 11.3 Å². The van der Waals surface area contributed by atoms with Crippen molar-refractivity contribution >= 4 is 11.3 Å². The molecule has 3 nitrogen and oxygen atoms in total. The van der Waals surface area contributed by atoms with Crippen molar-refractivity contribution in [1.82, 2.24) is 5.32 Å². The van der Waals surface area contributed by atoms with Crippen molar-refractivity contribution in [2.24, 2.45) is 0 Å². The number of benzene rings is 1. The first kappa shape index (κ1) is 17.6. The number of hydrogen-bond donors (Lipinski definition) is 2. The summed E-state index contributed by atoms with van der Waals surface area (Å²) in [5, 5.41) is 17.8. The van der Waals surface area contributed by atoms with Crippen LogP contribution in [0.3, 0.4) is 0 Å². The molecular formula is C20H27NO2S. The van der Waals surface area contributed by atoms with Crippen LogP contribution in [0.2, 0.25) is 0 Å². The highest BCUT2D eigenvalue weighted by Crippen LogP contribution is 2.22. The molecule has 1 atom stereocenters. The molecule has 0 saturated heterocycles. The van der Waals surface area contributed by atoms with E-state index in [4.69, 9.17) is 4.74 Å². The van der Waals surface area contributed by atoms with Gasteiger partial charge in [-0.25, -0.2) is 0 Å². The highest BCUT2D eigenvalue weighted by Gasteiger charge is 2.14. The number of aliphatic hydroxyl groups excluding tert-OH is 1. The summed E-state index contributed by atoms with van der Waals surface area (Å²) in [4.78, 5) is 0. The van der Waals surface area contributed by atoms with Crippen molar-refractivity contribution in [2.75, 3.05) is 13.2 Å². The quantitative estimate of drug-likeness (QED) is 0.753. The molecule has 0 amide bonds. The zero-order valence-corrected chi connectivity index (χ0v) is 14.9. The molecule has 0 bridgehead atoms. The standard InChI is InChI=1S/C20H27NO2S/c22-20(12-21-19-4-2-1-3-5-19)14-23-13-16-6-8-17(9-7-16)18-10-11-24-15-18/h6-11,15,19-22H,1-5,12-14H2. The average Bonchev–Trinajstić information content (AvgIpc) is 3.16. The monoisotopic (exact) mass is 345 g/mol. The molecule has 1 aliphatic rings. The summed E-state index contributed by atoms with van der Waals surface area (Å²) < 4.78 is 5.66. The van der Waals surface area contributed by atoms with E-state index in [1.165, 1.54) is 43.2 Å². The van der Waals surface area contributed by atoms with Gasteiger partial charge in [-0.3, -0.25) is 0 Å². The van der Waals surface area contributed by atoms with Gasteiger partial charge in [-0.15, -0.1) is 0 Å². The van der Waals surface area contributed by atoms with E-state index in [2.05, 4.69) is 46.4 Å². The van der Waals surface area contributed by atoms with Crippen molar-refractivity contribution in [3.8, 4) is 11.1 Å². The highest BCUT2D eigenvalue weighted by molar-refractivity contribution is 7.08. The highest BCUT2D eigenvalue weighted by atomic mass is 32.1. The van der Waals surface area contributed by atoms with E-state index in [0.717, 1.165) is 5.56 Å². The van der Waals surface area contributed by atoms with Crippen LogP contribution in [0.15, 0.2) is 41.1 Å². The second kappa shape index (κ2) is 9.33. The number of nitrogens with one attached hydrogen (secondary N) is 1. The smallest absolute Gasteiger partial charge is 0.0897 e. The minimum atomic E-state index is -0.433.